The molecule has 9 heteroatoms. The van der Waals surface area contributed by atoms with Crippen LogP contribution in [0.5, 0.6) is 0 Å². The van der Waals surface area contributed by atoms with E-state index in [1.165, 1.54) is 7.05 Å². The molecule has 36 heavy (non-hydrogen) atoms. The minimum Gasteiger partial charge on any atom is -0.465 e. The zero-order valence-electron chi connectivity index (χ0n) is 20.9. The molecular weight excluding hydrogens is 482 g/mol. The lowest BCUT2D eigenvalue weighted by atomic mass is 9.92. The summed E-state index contributed by atoms with van der Waals surface area (Å²) in [4.78, 5) is 25.3. The molecule has 0 aromatic heterocycles. The van der Waals surface area contributed by atoms with Crippen molar-refractivity contribution in [3.8, 4) is 0 Å². The monoisotopic (exact) mass is 517 g/mol. The minimum absolute atomic E-state index is 0.153. The first-order valence-electron chi connectivity index (χ1n) is 12.3. The van der Waals surface area contributed by atoms with Gasteiger partial charge in [-0.3, -0.25) is 4.79 Å². The molecule has 1 saturated heterocycles. The number of nitrogens with zero attached hydrogens (tertiary/aromatic N) is 1. The lowest BCUT2D eigenvalue weighted by Crippen LogP contribution is -2.41. The van der Waals surface area contributed by atoms with Crippen molar-refractivity contribution in [3.05, 3.63) is 70.2 Å². The van der Waals surface area contributed by atoms with Crippen LogP contribution < -0.4 is 10.6 Å². The van der Waals surface area contributed by atoms with E-state index in [-0.39, 0.29) is 25.1 Å². The number of hydrogen-bond acceptors (Lipinski definition) is 5. The number of carboxylic acid groups (broad SMARTS) is 1. The average Bonchev–Trinajstić information content (AvgIpc) is 2.89. The number of hydrogen-bond donors (Lipinski definition) is 3. The van der Waals surface area contributed by atoms with Crippen LogP contribution >= 0.6 is 11.6 Å². The second kappa shape index (κ2) is 14.2. The first kappa shape index (κ1) is 27.9. The molecule has 1 fully saturated rings. The first-order chi connectivity index (χ1) is 17.4. The zero-order chi connectivity index (χ0) is 25.9. The zero-order valence-corrected chi connectivity index (χ0v) is 21.7. The van der Waals surface area contributed by atoms with Crippen molar-refractivity contribution in [2.45, 2.75) is 31.4 Å². The lowest BCUT2D eigenvalue weighted by molar-refractivity contribution is 0.0605. The summed E-state index contributed by atoms with van der Waals surface area (Å²) in [5, 5.41) is 16.1. The van der Waals surface area contributed by atoms with Crippen molar-refractivity contribution in [1.29, 1.82) is 0 Å². The van der Waals surface area contributed by atoms with E-state index in [1.54, 1.807) is 12.1 Å². The molecule has 1 heterocycles. The van der Waals surface area contributed by atoms with Gasteiger partial charge in [0.15, 0.2) is 0 Å². The SMILES string of the molecule is CN[C@@H](CNC(=O)c1cccc(C(OCCN(C)C(=O)O)c2cccc(Cl)c2)c1)CC1CCOCC1. The molecule has 3 rings (SSSR count). The van der Waals surface area contributed by atoms with Gasteiger partial charge in [-0.1, -0.05) is 35.9 Å². The largest absolute Gasteiger partial charge is 0.465 e. The average molecular weight is 518 g/mol. The molecule has 0 radical (unpaired) electrons. The number of carbonyl (C=O) groups is 2. The Morgan fingerprint density at radius 1 is 1.17 bits per heavy atom. The summed E-state index contributed by atoms with van der Waals surface area (Å²) in [6.07, 6.45) is 1.59. The molecule has 0 saturated carbocycles. The number of nitrogens with one attached hydrogen (secondary N) is 2. The standard InChI is InChI=1S/C27H36ClN3O5/c1-29-24(15-19-9-12-35-13-10-19)18-30-26(32)22-7-3-5-20(16-22)25(21-6-4-8-23(28)17-21)36-14-11-31(2)27(33)34/h3-8,16-17,19,24-25,29H,9-15,18H2,1-2H3,(H,30,32)(H,33,34)/t24-,25?/m1/s1. The molecule has 0 aliphatic carbocycles. The van der Waals surface area contributed by atoms with Gasteiger partial charge in [0.25, 0.3) is 5.91 Å². The van der Waals surface area contributed by atoms with Crippen molar-refractivity contribution < 1.29 is 24.2 Å². The molecule has 2 aromatic carbocycles. The predicted octanol–water partition coefficient (Wildman–Crippen LogP) is 4.19. The van der Waals surface area contributed by atoms with Gasteiger partial charge in [-0.15, -0.1) is 0 Å². The molecule has 1 unspecified atom stereocenters. The summed E-state index contributed by atoms with van der Waals surface area (Å²) in [5.41, 5.74) is 2.15. The van der Waals surface area contributed by atoms with Crippen molar-refractivity contribution >= 4 is 23.6 Å². The van der Waals surface area contributed by atoms with Crippen LogP contribution in [0.2, 0.25) is 5.02 Å². The van der Waals surface area contributed by atoms with Crippen LogP contribution in [0, 0.1) is 5.92 Å². The Kier molecular flexibility index (Phi) is 11.0. The highest BCUT2D eigenvalue weighted by molar-refractivity contribution is 6.30. The number of halogens is 1. The van der Waals surface area contributed by atoms with Gasteiger partial charge in [0, 0.05) is 50.0 Å². The second-order valence-electron chi connectivity index (χ2n) is 9.12. The molecule has 2 atom stereocenters. The highest BCUT2D eigenvalue weighted by Gasteiger charge is 2.21. The molecule has 196 valence electrons. The Labute approximate surface area is 217 Å². The van der Waals surface area contributed by atoms with Crippen LogP contribution in [-0.2, 0) is 9.47 Å². The Morgan fingerprint density at radius 2 is 1.86 bits per heavy atom. The Morgan fingerprint density at radius 3 is 2.53 bits per heavy atom. The van der Waals surface area contributed by atoms with Crippen molar-refractivity contribution in [1.82, 2.24) is 15.5 Å². The summed E-state index contributed by atoms with van der Waals surface area (Å²) >= 11 is 6.22. The van der Waals surface area contributed by atoms with Gasteiger partial charge >= 0.3 is 6.09 Å². The maximum absolute atomic E-state index is 13.0. The molecular formula is C27H36ClN3O5. The fraction of sp³-hybridized carbons (Fsp3) is 0.481. The first-order valence-corrected chi connectivity index (χ1v) is 12.7. The van der Waals surface area contributed by atoms with Gasteiger partial charge in [-0.25, -0.2) is 4.79 Å². The number of likely N-dealkylation sites (N-methyl/N-ethyl adjacent to an activating group) is 2. The molecule has 2 aromatic rings. The van der Waals surface area contributed by atoms with Gasteiger partial charge in [0.1, 0.15) is 6.10 Å². The molecule has 0 bridgehead atoms. The van der Waals surface area contributed by atoms with Gasteiger partial charge < -0.3 is 30.1 Å². The normalized spacial score (nSPS) is 15.8. The van der Waals surface area contributed by atoms with Crippen LogP contribution in [0.25, 0.3) is 0 Å². The number of carbonyl (C=O) groups excluding carboxylic acids is 1. The van der Waals surface area contributed by atoms with Crippen molar-refractivity contribution in [2.24, 2.45) is 5.92 Å². The summed E-state index contributed by atoms with van der Waals surface area (Å²) < 4.78 is 11.6. The van der Waals surface area contributed by atoms with E-state index in [0.717, 1.165) is 48.5 Å². The number of rotatable bonds is 12. The van der Waals surface area contributed by atoms with E-state index >= 15 is 0 Å². The van der Waals surface area contributed by atoms with Gasteiger partial charge in [-0.2, -0.15) is 0 Å². The molecule has 8 nitrogen and oxygen atoms in total. The predicted molar refractivity (Wildman–Crippen MR) is 140 cm³/mol. The summed E-state index contributed by atoms with van der Waals surface area (Å²) in [7, 11) is 3.41. The molecule has 0 spiro atoms. The van der Waals surface area contributed by atoms with Crippen molar-refractivity contribution in [3.63, 3.8) is 0 Å². The topological polar surface area (TPSA) is 100 Å². The lowest BCUT2D eigenvalue weighted by Gasteiger charge is -2.26. The van der Waals surface area contributed by atoms with Crippen molar-refractivity contribution in [2.75, 3.05) is 47.0 Å². The highest BCUT2D eigenvalue weighted by Crippen LogP contribution is 2.28. The highest BCUT2D eigenvalue weighted by atomic mass is 35.5. The number of ether oxygens (including phenoxy) is 2. The van der Waals surface area contributed by atoms with Gasteiger partial charge in [-0.05, 0) is 67.6 Å². The van der Waals surface area contributed by atoms with E-state index in [1.807, 2.05) is 43.4 Å². The third-order valence-electron chi connectivity index (χ3n) is 6.52. The smallest absolute Gasteiger partial charge is 0.407 e. The molecule has 3 N–H and O–H groups in total. The third kappa shape index (κ3) is 8.48. The fourth-order valence-electron chi connectivity index (χ4n) is 4.31. The maximum atomic E-state index is 13.0. The van der Waals surface area contributed by atoms with E-state index in [2.05, 4.69) is 10.6 Å². The van der Waals surface area contributed by atoms with Crippen LogP contribution in [0.4, 0.5) is 4.79 Å². The number of amides is 2. The second-order valence-corrected chi connectivity index (χ2v) is 9.56. The van der Waals surface area contributed by atoms with Crippen LogP contribution in [0.1, 0.15) is 46.9 Å². The van der Waals surface area contributed by atoms with Gasteiger partial charge in [0.05, 0.1) is 6.61 Å². The maximum Gasteiger partial charge on any atom is 0.407 e. The van der Waals surface area contributed by atoms with E-state index in [4.69, 9.17) is 26.2 Å². The fourth-order valence-corrected chi connectivity index (χ4v) is 4.51. The molecule has 1 aliphatic heterocycles. The third-order valence-corrected chi connectivity index (χ3v) is 6.75. The summed E-state index contributed by atoms with van der Waals surface area (Å²) in [5.74, 6) is 0.451. The number of benzene rings is 2. The van der Waals surface area contributed by atoms with Crippen LogP contribution in [0.3, 0.4) is 0 Å². The van der Waals surface area contributed by atoms with Gasteiger partial charge in [0.2, 0.25) is 0 Å². The Bertz CT molecular complexity index is 999. The van der Waals surface area contributed by atoms with Crippen LogP contribution in [0.15, 0.2) is 48.5 Å². The summed E-state index contributed by atoms with van der Waals surface area (Å²) in [6, 6.07) is 14.8. The Hall–Kier alpha value is -2.65. The molecule has 1 aliphatic rings. The van der Waals surface area contributed by atoms with Crippen LogP contribution in [-0.4, -0.2) is 75.1 Å². The van der Waals surface area contributed by atoms with E-state index < -0.39 is 12.2 Å². The molecule has 2 amide bonds. The Balaban J connectivity index is 1.68. The quantitative estimate of drug-likeness (QED) is 0.390. The van der Waals surface area contributed by atoms with E-state index in [9.17, 15) is 9.59 Å². The minimum atomic E-state index is -1.02. The summed E-state index contributed by atoms with van der Waals surface area (Å²) in [6.45, 7) is 2.55. The van der Waals surface area contributed by atoms with E-state index in [0.29, 0.717) is 23.0 Å².